The van der Waals surface area contributed by atoms with Crippen LogP contribution in [0.3, 0.4) is 0 Å². The molecule has 0 aliphatic carbocycles. The average molecular weight is 616 g/mol. The van der Waals surface area contributed by atoms with Gasteiger partial charge in [-0.15, -0.1) is 46.7 Å². The number of benzene rings is 6. The maximum atomic E-state index is 10.3. The predicted molar refractivity (Wildman–Crippen MR) is 163 cm³/mol. The predicted octanol–water partition coefficient (Wildman–Crippen LogP) is 6.89. The smallest absolute Gasteiger partial charge is 0.390 e. The van der Waals surface area contributed by atoms with Crippen LogP contribution in [0, 0.1) is 12.1 Å². The van der Waals surface area contributed by atoms with E-state index in [-0.39, 0.29) is 20.4 Å². The molecule has 0 radical (unpaired) electrons. The molecule has 0 amide bonds. The van der Waals surface area contributed by atoms with Gasteiger partial charge in [-0.05, 0) is 42.8 Å². The molecule has 6 rings (SSSR count). The molecule has 1 nitrogen and oxygen atoms in total. The van der Waals surface area contributed by atoms with Crippen molar-refractivity contribution in [3.8, 4) is 0 Å². The van der Waals surface area contributed by atoms with Gasteiger partial charge in [0.15, 0.2) is 0 Å². The molecule has 39 heavy (non-hydrogen) atoms. The summed E-state index contributed by atoms with van der Waals surface area (Å²) >= 11 is 0. The van der Waals surface area contributed by atoms with Gasteiger partial charge in [0, 0.05) is 0 Å². The first-order chi connectivity index (χ1) is 18.8. The van der Waals surface area contributed by atoms with Crippen LogP contribution in [0.15, 0.2) is 152 Å². The Bertz CT molecular complexity index is 1450. The summed E-state index contributed by atoms with van der Waals surface area (Å²) in [6.45, 7) is 0. The Morgan fingerprint density at radius 1 is 0.564 bits per heavy atom. The van der Waals surface area contributed by atoms with Crippen LogP contribution in [0.5, 0.6) is 0 Å². The summed E-state index contributed by atoms with van der Waals surface area (Å²) < 4.78 is 0. The van der Waals surface area contributed by atoms with Crippen molar-refractivity contribution in [2.24, 2.45) is 0 Å². The van der Waals surface area contributed by atoms with Gasteiger partial charge in [0.2, 0.25) is 0 Å². The molecule has 0 bridgehead atoms. The fourth-order valence-electron chi connectivity index (χ4n) is 4.52. The summed E-state index contributed by atoms with van der Waals surface area (Å²) in [5.74, 6) is 0. The number of fused-ring (bicyclic) bond motifs is 1. The van der Waals surface area contributed by atoms with Crippen LogP contribution in [-0.4, -0.2) is 5.11 Å². The maximum Gasteiger partial charge on any atom is 2.00 e. The Morgan fingerprint density at radius 2 is 1.08 bits per heavy atom. The van der Waals surface area contributed by atoms with E-state index < -0.39 is 14.0 Å². The molecule has 0 saturated heterocycles. The minimum Gasteiger partial charge on any atom is -0.390 e. The van der Waals surface area contributed by atoms with E-state index in [1.807, 2.05) is 60.7 Å². The number of aliphatic hydroxyl groups excluding tert-OH is 1. The van der Waals surface area contributed by atoms with Crippen molar-refractivity contribution in [3.05, 3.63) is 175 Å². The van der Waals surface area contributed by atoms with Gasteiger partial charge in [-0.1, -0.05) is 66.7 Å². The minimum absolute atomic E-state index is 0. The second-order valence-corrected chi connectivity index (χ2v) is 11.6. The third-order valence-electron chi connectivity index (χ3n) is 6.42. The number of aliphatic hydroxyl groups is 1. The van der Waals surface area contributed by atoms with Crippen molar-refractivity contribution >= 4 is 34.6 Å². The largest absolute Gasteiger partial charge is 2.00 e. The second-order valence-electron chi connectivity index (χ2n) is 9.08. The van der Waals surface area contributed by atoms with Gasteiger partial charge in [0.1, 0.15) is 15.9 Å². The van der Waals surface area contributed by atoms with Gasteiger partial charge in [-0.2, -0.15) is 35.9 Å². The third kappa shape index (κ3) is 7.83. The Morgan fingerprint density at radius 3 is 1.62 bits per heavy atom. The van der Waals surface area contributed by atoms with Crippen molar-refractivity contribution < 1.29 is 25.5 Å². The molecule has 6 aromatic rings. The monoisotopic (exact) mass is 615 g/mol. The molecule has 6 aromatic carbocycles. The van der Waals surface area contributed by atoms with Crippen molar-refractivity contribution in [2.75, 3.05) is 0 Å². The van der Waals surface area contributed by atoms with Crippen LogP contribution in [0.2, 0.25) is 0 Å². The summed E-state index contributed by atoms with van der Waals surface area (Å²) in [6, 6.07) is 58.7. The quantitative estimate of drug-likeness (QED) is 0.123. The van der Waals surface area contributed by atoms with E-state index in [0.29, 0.717) is 6.42 Å². The first kappa shape index (κ1) is 28.6. The Hall–Kier alpha value is -3.37. The summed E-state index contributed by atoms with van der Waals surface area (Å²) in [7, 11) is -0.877. The molecule has 0 saturated carbocycles. The fraction of sp³-hybridized carbons (Fsp3) is 0.0556. The molecule has 0 fully saturated rings. The fourth-order valence-corrected chi connectivity index (χ4v) is 7.09. The maximum absolute atomic E-state index is 10.3. The minimum atomic E-state index is -0.877. The third-order valence-corrected chi connectivity index (χ3v) is 9.15. The van der Waals surface area contributed by atoms with Crippen LogP contribution in [0.1, 0.15) is 17.2 Å². The van der Waals surface area contributed by atoms with E-state index in [9.17, 15) is 5.11 Å². The van der Waals surface area contributed by atoms with Crippen molar-refractivity contribution in [2.45, 2.75) is 12.5 Å². The summed E-state index contributed by atoms with van der Waals surface area (Å²) in [6.07, 6.45) is 0.0265. The van der Waals surface area contributed by atoms with Crippen LogP contribution < -0.4 is 15.9 Å². The zero-order chi connectivity index (χ0) is 26.0. The summed E-state index contributed by atoms with van der Waals surface area (Å²) in [4.78, 5) is 0. The molecule has 0 spiro atoms. The molecule has 0 aromatic heterocycles. The number of hydrogen-bond donors (Lipinski definition) is 1. The average Bonchev–Trinajstić information content (AvgIpc) is 3.00. The molecule has 0 heterocycles. The van der Waals surface area contributed by atoms with Crippen LogP contribution in [0.4, 0.5) is 0 Å². The summed E-state index contributed by atoms with van der Waals surface area (Å²) in [5.41, 5.74) is 1.84. The standard InChI is InChI=1S/C18H14O.C18H15P.Pd/c19-18(12-14-6-2-1-3-7-14)17-11-10-15-8-4-5-9-16(15)13-17;1-4-10-16(11-5-1)19(17-12-6-2-7-13-17)18-14-8-3-9-15-18;/h1-6,8-11,18-19H,12H2;1-15H;/q-2;;+2/p+1. The van der Waals surface area contributed by atoms with E-state index in [2.05, 4.69) is 103 Å². The van der Waals surface area contributed by atoms with Gasteiger partial charge < -0.3 is 5.11 Å². The van der Waals surface area contributed by atoms with Gasteiger partial charge in [0.05, 0.1) is 14.0 Å². The first-order valence-electron chi connectivity index (χ1n) is 12.9. The molecule has 3 heteroatoms. The molecule has 1 unspecified atom stereocenters. The van der Waals surface area contributed by atoms with Crippen LogP contribution in [0.25, 0.3) is 10.8 Å². The summed E-state index contributed by atoms with van der Waals surface area (Å²) in [5, 5.41) is 16.8. The van der Waals surface area contributed by atoms with Gasteiger partial charge in [0.25, 0.3) is 0 Å². The molecular weight excluding hydrogens is 586 g/mol. The topological polar surface area (TPSA) is 20.2 Å². The molecule has 194 valence electrons. The van der Waals surface area contributed by atoms with Crippen LogP contribution in [-0.2, 0) is 26.8 Å². The normalized spacial score (nSPS) is 11.2. The van der Waals surface area contributed by atoms with Crippen molar-refractivity contribution in [1.29, 1.82) is 0 Å². The van der Waals surface area contributed by atoms with E-state index >= 15 is 0 Å². The van der Waals surface area contributed by atoms with Gasteiger partial charge in [-0.3, -0.25) is 0 Å². The van der Waals surface area contributed by atoms with Gasteiger partial charge >= 0.3 is 20.4 Å². The zero-order valence-corrected chi connectivity index (χ0v) is 24.0. The van der Waals surface area contributed by atoms with Crippen molar-refractivity contribution in [1.82, 2.24) is 0 Å². The Kier molecular flexibility index (Phi) is 10.8. The molecule has 0 aliphatic heterocycles. The first-order valence-corrected chi connectivity index (χ1v) is 14.4. The van der Waals surface area contributed by atoms with E-state index in [1.165, 1.54) is 15.9 Å². The molecule has 1 N–H and O–H groups in total. The Labute approximate surface area is 246 Å². The molecular formula is C36H30OPPd+. The SMILES string of the molecule is OC(Cc1[c-]cccc1)c1[c-]c2ccccc2cc1.[Pd+2].c1ccc([PH+](c2ccccc2)c2ccccc2)cc1. The Balaban J connectivity index is 0.000000176. The van der Waals surface area contributed by atoms with Crippen LogP contribution >= 0.6 is 7.92 Å². The second kappa shape index (κ2) is 14.7. The molecule has 1 atom stereocenters. The van der Waals surface area contributed by atoms with Gasteiger partial charge in [-0.25, -0.2) is 0 Å². The number of rotatable bonds is 6. The van der Waals surface area contributed by atoms with E-state index in [1.54, 1.807) is 0 Å². The van der Waals surface area contributed by atoms with E-state index in [0.717, 1.165) is 21.9 Å². The number of hydrogen-bond acceptors (Lipinski definition) is 1. The zero-order valence-electron chi connectivity index (χ0n) is 21.5. The molecule has 0 aliphatic rings. The van der Waals surface area contributed by atoms with E-state index in [4.69, 9.17) is 0 Å². The van der Waals surface area contributed by atoms with Crippen molar-refractivity contribution in [3.63, 3.8) is 0 Å².